The van der Waals surface area contributed by atoms with Crippen LogP contribution in [0.15, 0.2) is 71.8 Å². The zero-order valence-corrected chi connectivity index (χ0v) is 14.7. The lowest BCUT2D eigenvalue weighted by molar-refractivity contribution is 0.414. The summed E-state index contributed by atoms with van der Waals surface area (Å²) in [6.45, 7) is 0.409. The van der Waals surface area contributed by atoms with Crippen LogP contribution in [0, 0.1) is 0 Å². The van der Waals surface area contributed by atoms with Crippen molar-refractivity contribution < 1.29 is 4.74 Å². The summed E-state index contributed by atoms with van der Waals surface area (Å²) in [6.07, 6.45) is 5.40. The summed E-state index contributed by atoms with van der Waals surface area (Å²) in [5.41, 5.74) is 2.27. The van der Waals surface area contributed by atoms with Gasteiger partial charge in [0.05, 0.1) is 12.8 Å². The number of rotatable bonds is 5. The Morgan fingerprint density at radius 3 is 2.59 bits per heavy atom. The first-order valence-corrected chi connectivity index (χ1v) is 8.43. The molecule has 0 atom stereocenters. The summed E-state index contributed by atoms with van der Waals surface area (Å²) in [5.74, 6) is 0.740. The highest BCUT2D eigenvalue weighted by Gasteiger charge is 2.12. The predicted octanol–water partition coefficient (Wildman–Crippen LogP) is 2.70. The van der Waals surface area contributed by atoms with E-state index in [2.05, 4.69) is 15.3 Å². The minimum atomic E-state index is -0.225. The van der Waals surface area contributed by atoms with Crippen molar-refractivity contribution in [3.05, 3.63) is 82.9 Å². The highest BCUT2D eigenvalue weighted by Crippen LogP contribution is 2.16. The van der Waals surface area contributed by atoms with E-state index in [9.17, 15) is 4.79 Å². The number of aromatic nitrogens is 5. The maximum Gasteiger partial charge on any atom is 0.283 e. The lowest BCUT2D eigenvalue weighted by Crippen LogP contribution is -2.20. The average molecular weight is 359 g/mol. The van der Waals surface area contributed by atoms with Crippen molar-refractivity contribution in [1.29, 1.82) is 0 Å². The smallest absolute Gasteiger partial charge is 0.283 e. The van der Waals surface area contributed by atoms with Crippen LogP contribution in [0.3, 0.4) is 0 Å². The summed E-state index contributed by atoms with van der Waals surface area (Å²) in [4.78, 5) is 17.1. The second kappa shape index (κ2) is 7.25. The Labute approximate surface area is 155 Å². The largest absolute Gasteiger partial charge is 0.497 e. The molecular weight excluding hydrogens is 342 g/mol. The van der Waals surface area contributed by atoms with E-state index in [1.54, 1.807) is 11.8 Å². The first-order valence-electron chi connectivity index (χ1n) is 8.43. The number of nitrogens with zero attached hydrogens (tertiary/aromatic N) is 5. The van der Waals surface area contributed by atoms with E-state index >= 15 is 0 Å². The molecule has 0 radical (unpaired) electrons. The molecule has 0 saturated heterocycles. The number of benzene rings is 2. The molecule has 27 heavy (non-hydrogen) atoms. The van der Waals surface area contributed by atoms with Gasteiger partial charge in [-0.25, -0.2) is 4.98 Å². The van der Waals surface area contributed by atoms with Gasteiger partial charge in [0.1, 0.15) is 12.1 Å². The topological polar surface area (TPSA) is 74.8 Å². The molecule has 0 N–H and O–H groups in total. The van der Waals surface area contributed by atoms with Crippen molar-refractivity contribution in [3.63, 3.8) is 0 Å². The van der Waals surface area contributed by atoms with Gasteiger partial charge in [-0.3, -0.25) is 9.36 Å². The molecule has 7 nitrogen and oxygen atoms in total. The van der Waals surface area contributed by atoms with E-state index in [0.717, 1.165) is 17.0 Å². The van der Waals surface area contributed by atoms with E-state index in [4.69, 9.17) is 4.74 Å². The van der Waals surface area contributed by atoms with Gasteiger partial charge in [-0.15, -0.1) is 5.10 Å². The number of hydrogen-bond donors (Lipinski definition) is 0. The summed E-state index contributed by atoms with van der Waals surface area (Å²) < 4.78 is 8.21. The lowest BCUT2D eigenvalue weighted by Gasteiger charge is -2.04. The molecule has 4 aromatic rings. The van der Waals surface area contributed by atoms with Gasteiger partial charge in [0.15, 0.2) is 11.2 Å². The molecule has 0 unspecified atom stereocenters. The molecule has 134 valence electrons. The summed E-state index contributed by atoms with van der Waals surface area (Å²) >= 11 is 0. The first kappa shape index (κ1) is 16.7. The Bertz CT molecular complexity index is 1140. The maximum atomic E-state index is 12.7. The van der Waals surface area contributed by atoms with Crippen LogP contribution in [0.5, 0.6) is 5.75 Å². The van der Waals surface area contributed by atoms with Gasteiger partial charge in [-0.1, -0.05) is 47.7 Å². The fourth-order valence-electron chi connectivity index (χ4n) is 2.74. The number of fused-ring (bicyclic) bond motifs is 1. The summed E-state index contributed by atoms with van der Waals surface area (Å²) in [5, 5.41) is 8.11. The molecular formula is C20H17N5O2. The Hall–Kier alpha value is -3.74. The van der Waals surface area contributed by atoms with Gasteiger partial charge in [-0.05, 0) is 29.8 Å². The van der Waals surface area contributed by atoms with Crippen molar-refractivity contribution in [3.8, 4) is 11.4 Å². The van der Waals surface area contributed by atoms with Crippen LogP contribution in [-0.4, -0.2) is 31.7 Å². The van der Waals surface area contributed by atoms with E-state index in [0.29, 0.717) is 12.2 Å². The predicted molar refractivity (Wildman–Crippen MR) is 103 cm³/mol. The average Bonchev–Trinajstić information content (AvgIpc) is 3.15. The number of ether oxygens (including phenoxy) is 1. The zero-order valence-electron chi connectivity index (χ0n) is 14.7. The highest BCUT2D eigenvalue weighted by molar-refractivity contribution is 5.70. The fourth-order valence-corrected chi connectivity index (χ4v) is 2.74. The standard InChI is InChI=1S/C20H17N5O2/c1-27-17-11-9-16(10-12-17)25-19-18(22-23-25)20(26)24(14-21-19)13-5-8-15-6-3-2-4-7-15/h2-12,14H,13H2,1H3. The van der Waals surface area contributed by atoms with Gasteiger partial charge in [-0.2, -0.15) is 4.68 Å². The molecule has 4 rings (SSSR count). The van der Waals surface area contributed by atoms with Crippen LogP contribution >= 0.6 is 0 Å². The maximum absolute atomic E-state index is 12.7. The van der Waals surface area contributed by atoms with E-state index < -0.39 is 0 Å². The van der Waals surface area contributed by atoms with Crippen LogP contribution in [0.25, 0.3) is 22.9 Å². The van der Waals surface area contributed by atoms with Gasteiger partial charge in [0.25, 0.3) is 5.56 Å². The molecule has 0 aliphatic rings. The van der Waals surface area contributed by atoms with Gasteiger partial charge in [0.2, 0.25) is 0 Å². The van der Waals surface area contributed by atoms with Crippen molar-refractivity contribution >= 4 is 17.2 Å². The second-order valence-corrected chi connectivity index (χ2v) is 5.89. The molecule has 0 bridgehead atoms. The number of allylic oxidation sites excluding steroid dienone is 1. The Morgan fingerprint density at radius 2 is 1.85 bits per heavy atom. The molecule has 0 fully saturated rings. The summed E-state index contributed by atoms with van der Waals surface area (Å²) in [6, 6.07) is 17.2. The summed E-state index contributed by atoms with van der Waals surface area (Å²) in [7, 11) is 1.61. The molecule has 2 aromatic carbocycles. The van der Waals surface area contributed by atoms with E-state index in [1.807, 2.05) is 66.7 Å². The van der Waals surface area contributed by atoms with Crippen LogP contribution in [0.4, 0.5) is 0 Å². The minimum Gasteiger partial charge on any atom is -0.497 e. The molecule has 0 aliphatic heterocycles. The zero-order chi connectivity index (χ0) is 18.6. The molecule has 7 heteroatoms. The van der Waals surface area contributed by atoms with Gasteiger partial charge >= 0.3 is 0 Å². The van der Waals surface area contributed by atoms with Crippen molar-refractivity contribution in [2.75, 3.05) is 7.11 Å². The fraction of sp³-hybridized carbons (Fsp3) is 0.100. The monoisotopic (exact) mass is 359 g/mol. The Balaban J connectivity index is 1.63. The third kappa shape index (κ3) is 3.35. The molecule has 0 aliphatic carbocycles. The number of methoxy groups -OCH3 is 1. The molecule has 0 spiro atoms. The normalized spacial score (nSPS) is 11.3. The number of hydrogen-bond acceptors (Lipinski definition) is 5. The minimum absolute atomic E-state index is 0.225. The van der Waals surface area contributed by atoms with Crippen LogP contribution in [0.1, 0.15) is 5.56 Å². The first-order chi connectivity index (χ1) is 13.3. The van der Waals surface area contributed by atoms with Crippen LogP contribution in [0.2, 0.25) is 0 Å². The second-order valence-electron chi connectivity index (χ2n) is 5.89. The van der Waals surface area contributed by atoms with Crippen molar-refractivity contribution in [2.45, 2.75) is 6.54 Å². The van der Waals surface area contributed by atoms with Crippen LogP contribution in [-0.2, 0) is 6.54 Å². The van der Waals surface area contributed by atoms with E-state index in [-0.39, 0.29) is 11.1 Å². The third-order valence-corrected chi connectivity index (χ3v) is 4.16. The van der Waals surface area contributed by atoms with Crippen LogP contribution < -0.4 is 10.3 Å². The lowest BCUT2D eigenvalue weighted by atomic mass is 10.2. The van der Waals surface area contributed by atoms with E-state index in [1.165, 1.54) is 10.9 Å². The third-order valence-electron chi connectivity index (χ3n) is 4.16. The molecule has 2 aromatic heterocycles. The Kier molecular flexibility index (Phi) is 4.49. The highest BCUT2D eigenvalue weighted by atomic mass is 16.5. The van der Waals surface area contributed by atoms with Gasteiger partial charge < -0.3 is 4.74 Å². The van der Waals surface area contributed by atoms with Crippen molar-refractivity contribution in [1.82, 2.24) is 24.5 Å². The van der Waals surface area contributed by atoms with Crippen molar-refractivity contribution in [2.24, 2.45) is 0 Å². The quantitative estimate of drug-likeness (QED) is 0.548. The molecule has 0 amide bonds. The SMILES string of the molecule is COc1ccc(-n2nnc3c(=O)n(CC=Cc4ccccc4)cnc32)cc1. The Morgan fingerprint density at radius 1 is 1.07 bits per heavy atom. The molecule has 2 heterocycles. The molecule has 0 saturated carbocycles. The van der Waals surface area contributed by atoms with Gasteiger partial charge in [0, 0.05) is 6.54 Å².